The first-order chi connectivity index (χ1) is 14.7. The van der Waals surface area contributed by atoms with Crippen molar-refractivity contribution in [3.63, 3.8) is 0 Å². The molecule has 0 aromatic heterocycles. The van der Waals surface area contributed by atoms with E-state index in [0.29, 0.717) is 24.7 Å². The van der Waals surface area contributed by atoms with Crippen molar-refractivity contribution in [2.24, 2.45) is 0 Å². The number of ether oxygens (including phenoxy) is 2. The second-order valence-corrected chi connectivity index (χ2v) is 9.91. The van der Waals surface area contributed by atoms with Gasteiger partial charge in [-0.3, -0.25) is 9.44 Å². The van der Waals surface area contributed by atoms with E-state index in [0.717, 1.165) is 12.1 Å². The van der Waals surface area contributed by atoms with Crippen LogP contribution in [0, 0.1) is 5.82 Å². The van der Waals surface area contributed by atoms with E-state index in [1.54, 1.807) is 0 Å². The molecule has 8 nitrogen and oxygen atoms in total. The minimum atomic E-state index is -3.93. The van der Waals surface area contributed by atoms with Gasteiger partial charge in [0.15, 0.2) is 11.5 Å². The number of halogens is 1. The number of hydrogen-bond donors (Lipinski definition) is 2. The van der Waals surface area contributed by atoms with Gasteiger partial charge in [-0.15, -0.1) is 0 Å². The van der Waals surface area contributed by atoms with Gasteiger partial charge in [0, 0.05) is 17.4 Å². The SMILES string of the molecule is O=S(=O)(Nc1ccc(F)cc1)c1ccc(NS(=O)(=O)c2ccc3c(c2)OCCO3)cc1. The van der Waals surface area contributed by atoms with Crippen molar-refractivity contribution in [2.45, 2.75) is 9.79 Å². The fourth-order valence-electron chi connectivity index (χ4n) is 2.84. The maximum absolute atomic E-state index is 13.0. The van der Waals surface area contributed by atoms with Crippen molar-refractivity contribution in [3.05, 3.63) is 72.5 Å². The molecule has 0 saturated heterocycles. The zero-order valence-electron chi connectivity index (χ0n) is 15.9. The molecule has 162 valence electrons. The highest BCUT2D eigenvalue weighted by molar-refractivity contribution is 7.93. The zero-order chi connectivity index (χ0) is 22.1. The molecule has 0 fully saturated rings. The smallest absolute Gasteiger partial charge is 0.262 e. The summed E-state index contributed by atoms with van der Waals surface area (Å²) in [4.78, 5) is -0.106. The number of nitrogens with one attached hydrogen (secondary N) is 2. The molecule has 31 heavy (non-hydrogen) atoms. The fourth-order valence-corrected chi connectivity index (χ4v) is 4.97. The third-order valence-electron chi connectivity index (χ3n) is 4.34. The standard InChI is InChI=1S/C20H17FN2O6S2/c21-14-1-3-15(4-2-14)22-30(24,25)17-7-5-16(6-8-17)23-31(26,27)18-9-10-19-20(13-18)29-12-11-28-19/h1-10,13,22-23H,11-12H2. The van der Waals surface area contributed by atoms with Gasteiger partial charge in [0.2, 0.25) is 0 Å². The van der Waals surface area contributed by atoms with Gasteiger partial charge in [-0.2, -0.15) is 0 Å². The molecular formula is C20H17FN2O6S2. The highest BCUT2D eigenvalue weighted by atomic mass is 32.2. The molecule has 0 radical (unpaired) electrons. The van der Waals surface area contributed by atoms with Crippen LogP contribution in [0.3, 0.4) is 0 Å². The summed E-state index contributed by atoms with van der Waals surface area (Å²) in [6.45, 7) is 0.717. The lowest BCUT2D eigenvalue weighted by Crippen LogP contribution is -2.17. The Labute approximate surface area is 178 Å². The summed E-state index contributed by atoms with van der Waals surface area (Å²) in [5, 5.41) is 0. The van der Waals surface area contributed by atoms with E-state index in [2.05, 4.69) is 9.44 Å². The first kappa shape index (κ1) is 20.9. The molecule has 1 heterocycles. The number of benzene rings is 3. The highest BCUT2D eigenvalue weighted by Gasteiger charge is 2.20. The summed E-state index contributed by atoms with van der Waals surface area (Å²) in [5.41, 5.74) is 0.375. The number of anilines is 2. The highest BCUT2D eigenvalue weighted by Crippen LogP contribution is 2.32. The molecule has 0 bridgehead atoms. The Morgan fingerprint density at radius 2 is 1.13 bits per heavy atom. The van der Waals surface area contributed by atoms with Crippen LogP contribution < -0.4 is 18.9 Å². The summed E-state index contributed by atoms with van der Waals surface area (Å²) in [6.07, 6.45) is 0. The Kier molecular flexibility index (Phi) is 5.46. The second kappa shape index (κ2) is 8.08. The van der Waals surface area contributed by atoms with E-state index < -0.39 is 25.9 Å². The van der Waals surface area contributed by atoms with Crippen LogP contribution in [0.25, 0.3) is 0 Å². The van der Waals surface area contributed by atoms with Gasteiger partial charge in [0.1, 0.15) is 19.0 Å². The van der Waals surface area contributed by atoms with E-state index in [1.165, 1.54) is 54.6 Å². The molecule has 1 aliphatic rings. The van der Waals surface area contributed by atoms with Gasteiger partial charge < -0.3 is 9.47 Å². The van der Waals surface area contributed by atoms with Crippen molar-refractivity contribution in [3.8, 4) is 11.5 Å². The molecule has 0 saturated carbocycles. The Morgan fingerprint density at radius 3 is 1.74 bits per heavy atom. The quantitative estimate of drug-likeness (QED) is 0.580. The van der Waals surface area contributed by atoms with Gasteiger partial charge in [-0.25, -0.2) is 21.2 Å². The maximum atomic E-state index is 13.0. The number of hydrogen-bond acceptors (Lipinski definition) is 6. The predicted octanol–water partition coefficient (Wildman–Crippen LogP) is 3.20. The summed E-state index contributed by atoms with van der Waals surface area (Å²) < 4.78 is 78.8. The summed E-state index contributed by atoms with van der Waals surface area (Å²) in [7, 11) is -7.86. The molecule has 0 amide bonds. The van der Waals surface area contributed by atoms with Crippen molar-refractivity contribution in [1.29, 1.82) is 0 Å². The van der Waals surface area contributed by atoms with Crippen LogP contribution in [0.4, 0.5) is 15.8 Å². The molecule has 3 aromatic carbocycles. The second-order valence-electron chi connectivity index (χ2n) is 6.55. The predicted molar refractivity (Wildman–Crippen MR) is 112 cm³/mol. The number of fused-ring (bicyclic) bond motifs is 1. The van der Waals surface area contributed by atoms with Gasteiger partial charge >= 0.3 is 0 Å². The van der Waals surface area contributed by atoms with E-state index in [9.17, 15) is 21.2 Å². The first-order valence-corrected chi connectivity index (χ1v) is 12.0. The summed E-state index contributed by atoms with van der Waals surface area (Å²) in [6, 6.07) is 14.3. The monoisotopic (exact) mass is 464 g/mol. The molecule has 0 spiro atoms. The van der Waals surface area contributed by atoms with Crippen molar-refractivity contribution in [1.82, 2.24) is 0 Å². The van der Waals surface area contributed by atoms with Crippen molar-refractivity contribution >= 4 is 31.4 Å². The van der Waals surface area contributed by atoms with Crippen molar-refractivity contribution in [2.75, 3.05) is 22.7 Å². The first-order valence-electron chi connectivity index (χ1n) is 9.04. The van der Waals surface area contributed by atoms with E-state index in [1.807, 2.05) is 0 Å². The van der Waals surface area contributed by atoms with E-state index in [-0.39, 0.29) is 21.2 Å². The van der Waals surface area contributed by atoms with Crippen molar-refractivity contribution < 1.29 is 30.7 Å². The number of rotatable bonds is 6. The third-order valence-corrected chi connectivity index (χ3v) is 7.11. The molecule has 2 N–H and O–H groups in total. The minimum absolute atomic E-state index is 0.0218. The molecule has 0 unspecified atom stereocenters. The van der Waals surface area contributed by atoms with Crippen LogP contribution in [0.5, 0.6) is 11.5 Å². The summed E-state index contributed by atoms with van der Waals surface area (Å²) in [5.74, 6) is 0.313. The fraction of sp³-hybridized carbons (Fsp3) is 0.100. The van der Waals surface area contributed by atoms with Crippen LogP contribution >= 0.6 is 0 Å². The zero-order valence-corrected chi connectivity index (χ0v) is 17.5. The molecule has 0 aliphatic carbocycles. The van der Waals surface area contributed by atoms with Gasteiger partial charge in [-0.05, 0) is 60.7 Å². The van der Waals surface area contributed by atoms with E-state index in [4.69, 9.17) is 9.47 Å². The lowest BCUT2D eigenvalue weighted by atomic mass is 10.3. The average Bonchev–Trinajstić information content (AvgIpc) is 2.75. The van der Waals surface area contributed by atoms with Gasteiger partial charge in [0.25, 0.3) is 20.0 Å². The number of sulfonamides is 2. The molecule has 1 aliphatic heterocycles. The Hall–Kier alpha value is -3.31. The lowest BCUT2D eigenvalue weighted by Gasteiger charge is -2.19. The minimum Gasteiger partial charge on any atom is -0.486 e. The molecule has 11 heteroatoms. The lowest BCUT2D eigenvalue weighted by molar-refractivity contribution is 0.171. The maximum Gasteiger partial charge on any atom is 0.262 e. The topological polar surface area (TPSA) is 111 Å². The molecule has 0 atom stereocenters. The van der Waals surface area contributed by atoms with Crippen LogP contribution in [-0.4, -0.2) is 30.0 Å². The van der Waals surface area contributed by atoms with Gasteiger partial charge in [0.05, 0.1) is 9.79 Å². The van der Waals surface area contributed by atoms with E-state index >= 15 is 0 Å². The normalized spacial score (nSPS) is 13.5. The molecule has 3 aromatic rings. The average molecular weight is 464 g/mol. The third kappa shape index (κ3) is 4.72. The Bertz CT molecular complexity index is 1310. The van der Waals surface area contributed by atoms with Gasteiger partial charge in [-0.1, -0.05) is 0 Å². The van der Waals surface area contributed by atoms with Crippen LogP contribution in [-0.2, 0) is 20.0 Å². The Balaban J connectivity index is 1.50. The van der Waals surface area contributed by atoms with Crippen LogP contribution in [0.15, 0.2) is 76.5 Å². The molecular weight excluding hydrogens is 447 g/mol. The van der Waals surface area contributed by atoms with Crippen LogP contribution in [0.1, 0.15) is 0 Å². The van der Waals surface area contributed by atoms with Crippen LogP contribution in [0.2, 0.25) is 0 Å². The summed E-state index contributed by atoms with van der Waals surface area (Å²) >= 11 is 0. The molecule has 4 rings (SSSR count). The Morgan fingerprint density at radius 1 is 0.645 bits per heavy atom. The largest absolute Gasteiger partial charge is 0.486 e.